The van der Waals surface area contributed by atoms with Crippen LogP contribution in [-0.2, 0) is 0 Å². The highest BCUT2D eigenvalue weighted by Crippen LogP contribution is 2.28. The van der Waals surface area contributed by atoms with Crippen LogP contribution in [0.5, 0.6) is 5.75 Å². The summed E-state index contributed by atoms with van der Waals surface area (Å²) in [6.45, 7) is 9.92. The van der Waals surface area contributed by atoms with Crippen LogP contribution >= 0.6 is 0 Å². The van der Waals surface area contributed by atoms with Crippen LogP contribution < -0.4 is 19.4 Å². The van der Waals surface area contributed by atoms with Crippen molar-refractivity contribution in [1.29, 1.82) is 0 Å². The van der Waals surface area contributed by atoms with Gasteiger partial charge >= 0.3 is 0 Å². The second-order valence-corrected chi connectivity index (χ2v) is 7.21. The molecule has 0 aliphatic carbocycles. The van der Waals surface area contributed by atoms with Crippen LogP contribution in [0.3, 0.4) is 0 Å². The van der Waals surface area contributed by atoms with Crippen LogP contribution in [0.25, 0.3) is 10.9 Å². The van der Waals surface area contributed by atoms with Gasteiger partial charge in [-0.15, -0.1) is 0 Å². The molecule has 0 radical (unpaired) electrons. The number of fused-ring (bicyclic) bond motifs is 1. The second-order valence-electron chi connectivity index (χ2n) is 7.21. The molecule has 152 valence electrons. The zero-order valence-electron chi connectivity index (χ0n) is 17.5. The van der Waals surface area contributed by atoms with Crippen LogP contribution in [0, 0.1) is 0 Å². The molecule has 0 amide bonds. The van der Waals surface area contributed by atoms with Crippen molar-refractivity contribution in [2.45, 2.75) is 13.8 Å². The molecular formula is C23H29N5O. The first-order valence-corrected chi connectivity index (χ1v) is 10.4. The molecule has 0 saturated carbocycles. The Morgan fingerprint density at radius 3 is 2.17 bits per heavy atom. The van der Waals surface area contributed by atoms with Crippen molar-refractivity contribution >= 4 is 28.4 Å². The number of hydrogen-bond acceptors (Lipinski definition) is 6. The predicted molar refractivity (Wildman–Crippen MR) is 121 cm³/mol. The van der Waals surface area contributed by atoms with E-state index in [4.69, 9.17) is 14.7 Å². The Morgan fingerprint density at radius 2 is 1.52 bits per heavy atom. The molecule has 6 nitrogen and oxygen atoms in total. The van der Waals surface area contributed by atoms with E-state index in [1.165, 1.54) is 5.69 Å². The highest BCUT2D eigenvalue weighted by Gasteiger charge is 2.21. The van der Waals surface area contributed by atoms with Gasteiger partial charge in [0.05, 0.1) is 12.6 Å². The van der Waals surface area contributed by atoms with E-state index < -0.39 is 0 Å². The third-order valence-corrected chi connectivity index (χ3v) is 5.63. The number of para-hydroxylation sites is 1. The number of methoxy groups -OCH3 is 1. The van der Waals surface area contributed by atoms with Gasteiger partial charge in [0.25, 0.3) is 0 Å². The molecule has 1 aliphatic heterocycles. The average molecular weight is 392 g/mol. The summed E-state index contributed by atoms with van der Waals surface area (Å²) in [6.07, 6.45) is 0. The Hall–Kier alpha value is -3.02. The molecule has 1 aliphatic rings. The summed E-state index contributed by atoms with van der Waals surface area (Å²) in [5.74, 6) is 2.76. The first-order valence-electron chi connectivity index (χ1n) is 10.4. The quantitative estimate of drug-likeness (QED) is 0.637. The summed E-state index contributed by atoms with van der Waals surface area (Å²) >= 11 is 0. The Kier molecular flexibility index (Phi) is 5.69. The molecule has 4 rings (SSSR count). The van der Waals surface area contributed by atoms with Gasteiger partial charge < -0.3 is 19.4 Å². The molecule has 0 bridgehead atoms. The zero-order valence-corrected chi connectivity index (χ0v) is 17.5. The second kappa shape index (κ2) is 8.55. The molecule has 6 heteroatoms. The summed E-state index contributed by atoms with van der Waals surface area (Å²) in [5, 5.41) is 1.12. The predicted octanol–water partition coefficient (Wildman–Crippen LogP) is 3.81. The van der Waals surface area contributed by atoms with Gasteiger partial charge in [0.15, 0.2) is 0 Å². The number of piperazine rings is 1. The number of nitrogens with zero attached hydrogens (tertiary/aromatic N) is 5. The van der Waals surface area contributed by atoms with Gasteiger partial charge in [-0.25, -0.2) is 4.98 Å². The number of benzene rings is 2. The Bertz CT molecular complexity index is 947. The standard InChI is InChI=1S/C23H29N5O/c1-4-26(5-2)22-20-8-6-7-9-21(20)24-23(25-22)28-16-14-27(15-17-28)18-10-12-19(29-3)13-11-18/h6-13H,4-5,14-17H2,1-3H3. The first kappa shape index (κ1) is 19.3. The van der Waals surface area contributed by atoms with Crippen LogP contribution in [0.4, 0.5) is 17.5 Å². The number of aromatic nitrogens is 2. The fourth-order valence-electron chi connectivity index (χ4n) is 3.91. The van der Waals surface area contributed by atoms with Crippen LogP contribution in [-0.4, -0.2) is 56.3 Å². The first-order chi connectivity index (χ1) is 14.2. The summed E-state index contributed by atoms with van der Waals surface area (Å²) in [6, 6.07) is 16.6. The van der Waals surface area contributed by atoms with Gasteiger partial charge in [0, 0.05) is 50.3 Å². The molecule has 1 saturated heterocycles. The molecule has 0 unspecified atom stereocenters. The van der Waals surface area contributed by atoms with E-state index in [2.05, 4.69) is 58.9 Å². The largest absolute Gasteiger partial charge is 0.497 e. The molecule has 0 N–H and O–H groups in total. The summed E-state index contributed by atoms with van der Waals surface area (Å²) in [7, 11) is 1.70. The van der Waals surface area contributed by atoms with Crippen molar-refractivity contribution < 1.29 is 4.74 Å². The van der Waals surface area contributed by atoms with Crippen molar-refractivity contribution in [3.8, 4) is 5.75 Å². The van der Waals surface area contributed by atoms with Crippen molar-refractivity contribution in [3.05, 3.63) is 48.5 Å². The van der Waals surface area contributed by atoms with E-state index >= 15 is 0 Å². The summed E-state index contributed by atoms with van der Waals surface area (Å²) in [4.78, 5) is 16.9. The van der Waals surface area contributed by atoms with E-state index in [1.807, 2.05) is 18.2 Å². The van der Waals surface area contributed by atoms with E-state index in [0.29, 0.717) is 0 Å². The summed E-state index contributed by atoms with van der Waals surface area (Å²) < 4.78 is 5.27. The fourth-order valence-corrected chi connectivity index (χ4v) is 3.91. The van der Waals surface area contributed by atoms with E-state index in [1.54, 1.807) is 7.11 Å². The maximum atomic E-state index is 5.27. The van der Waals surface area contributed by atoms with E-state index in [9.17, 15) is 0 Å². The van der Waals surface area contributed by atoms with Crippen LogP contribution in [0.15, 0.2) is 48.5 Å². The topological polar surface area (TPSA) is 44.7 Å². The molecule has 2 aromatic carbocycles. The SMILES string of the molecule is CCN(CC)c1nc(N2CCN(c3ccc(OC)cc3)CC2)nc2ccccc12. The highest BCUT2D eigenvalue weighted by molar-refractivity contribution is 5.90. The smallest absolute Gasteiger partial charge is 0.228 e. The molecule has 1 fully saturated rings. The molecule has 2 heterocycles. The minimum absolute atomic E-state index is 0.833. The van der Waals surface area contributed by atoms with Crippen LogP contribution in [0.2, 0.25) is 0 Å². The maximum Gasteiger partial charge on any atom is 0.228 e. The molecule has 1 aromatic heterocycles. The average Bonchev–Trinajstić information content (AvgIpc) is 2.80. The number of ether oxygens (including phenoxy) is 1. The Labute approximate surface area is 172 Å². The van der Waals surface area contributed by atoms with Crippen molar-refractivity contribution in [1.82, 2.24) is 9.97 Å². The highest BCUT2D eigenvalue weighted by atomic mass is 16.5. The van der Waals surface area contributed by atoms with Crippen molar-refractivity contribution in [3.63, 3.8) is 0 Å². The maximum absolute atomic E-state index is 5.27. The lowest BCUT2D eigenvalue weighted by Gasteiger charge is -2.36. The lowest BCUT2D eigenvalue weighted by atomic mass is 10.2. The van der Waals surface area contributed by atoms with Gasteiger partial charge in [-0.2, -0.15) is 4.98 Å². The normalized spacial score (nSPS) is 14.3. The van der Waals surface area contributed by atoms with Gasteiger partial charge in [-0.05, 0) is 50.2 Å². The minimum atomic E-state index is 0.833. The molecule has 0 spiro atoms. The van der Waals surface area contributed by atoms with Crippen molar-refractivity contribution in [2.75, 3.05) is 61.1 Å². The number of anilines is 3. The monoisotopic (exact) mass is 391 g/mol. The molecular weight excluding hydrogens is 362 g/mol. The fraction of sp³-hybridized carbons (Fsp3) is 0.391. The lowest BCUT2D eigenvalue weighted by molar-refractivity contribution is 0.415. The van der Waals surface area contributed by atoms with Gasteiger partial charge in [-0.1, -0.05) is 12.1 Å². The molecule has 0 atom stereocenters. The minimum Gasteiger partial charge on any atom is -0.497 e. The van der Waals surface area contributed by atoms with Gasteiger partial charge in [0.2, 0.25) is 5.95 Å². The Morgan fingerprint density at radius 1 is 0.862 bits per heavy atom. The van der Waals surface area contributed by atoms with E-state index in [-0.39, 0.29) is 0 Å². The molecule has 3 aromatic rings. The zero-order chi connectivity index (χ0) is 20.2. The molecule has 29 heavy (non-hydrogen) atoms. The third kappa shape index (κ3) is 3.92. The third-order valence-electron chi connectivity index (χ3n) is 5.63. The summed E-state index contributed by atoms with van der Waals surface area (Å²) in [5.41, 5.74) is 2.24. The van der Waals surface area contributed by atoms with Crippen LogP contribution in [0.1, 0.15) is 13.8 Å². The number of rotatable bonds is 6. The van der Waals surface area contributed by atoms with Gasteiger partial charge in [-0.3, -0.25) is 0 Å². The van der Waals surface area contributed by atoms with Crippen molar-refractivity contribution in [2.24, 2.45) is 0 Å². The van der Waals surface area contributed by atoms with Gasteiger partial charge in [0.1, 0.15) is 11.6 Å². The number of hydrogen-bond donors (Lipinski definition) is 0. The van der Waals surface area contributed by atoms with E-state index in [0.717, 1.165) is 67.7 Å². The lowest BCUT2D eigenvalue weighted by Crippen LogP contribution is -2.47. The Balaban J connectivity index is 1.56.